The van der Waals surface area contributed by atoms with Gasteiger partial charge in [-0.2, -0.15) is 0 Å². The summed E-state index contributed by atoms with van der Waals surface area (Å²) in [6.07, 6.45) is 6.26. The van der Waals surface area contributed by atoms with E-state index in [0.29, 0.717) is 17.9 Å². The lowest BCUT2D eigenvalue weighted by molar-refractivity contribution is -0.138. The van der Waals surface area contributed by atoms with Gasteiger partial charge in [0.25, 0.3) is 5.91 Å². The monoisotopic (exact) mass is 432 g/mol. The number of piperidine rings is 1. The molecule has 3 fully saturated rings. The first kappa shape index (κ1) is 19.6. The molecule has 0 radical (unpaired) electrons. The summed E-state index contributed by atoms with van der Waals surface area (Å²) < 4.78 is 11.9. The minimum atomic E-state index is -1.04. The van der Waals surface area contributed by atoms with Crippen molar-refractivity contribution in [1.82, 2.24) is 9.80 Å². The minimum Gasteiger partial charge on any atom is -0.490 e. The van der Waals surface area contributed by atoms with E-state index in [0.717, 1.165) is 48.0 Å². The Hall–Kier alpha value is -2.32. The Balaban J connectivity index is 1.25. The van der Waals surface area contributed by atoms with Gasteiger partial charge in [-0.15, -0.1) is 0 Å². The number of carbonyl (C=O) groups excluding carboxylic acids is 3. The average Bonchev–Trinajstić information content (AvgIpc) is 3.13. The molecule has 30 heavy (non-hydrogen) atoms. The maximum absolute atomic E-state index is 12.7. The first-order valence-electron chi connectivity index (χ1n) is 10.9. The van der Waals surface area contributed by atoms with Crippen LogP contribution in [-0.2, 0) is 9.59 Å². The van der Waals surface area contributed by atoms with E-state index in [-0.39, 0.29) is 17.0 Å². The van der Waals surface area contributed by atoms with Crippen molar-refractivity contribution in [2.45, 2.75) is 44.2 Å². The van der Waals surface area contributed by atoms with Crippen molar-refractivity contribution in [1.29, 1.82) is 0 Å². The fraction of sp³-hybridized carbons (Fsp3) is 0.500. The molecule has 0 unspecified atom stereocenters. The van der Waals surface area contributed by atoms with Crippen LogP contribution in [0.1, 0.15) is 42.7 Å². The van der Waals surface area contributed by atoms with Gasteiger partial charge in [-0.3, -0.25) is 19.3 Å². The van der Waals surface area contributed by atoms with Gasteiger partial charge >= 0.3 is 5.91 Å². The molecular formula is C22H28N2O5S. The average molecular weight is 433 g/mol. The lowest BCUT2D eigenvalue weighted by atomic mass is 9.90. The maximum Gasteiger partial charge on any atom is 0.304 e. The van der Waals surface area contributed by atoms with E-state index in [1.807, 2.05) is 12.1 Å². The van der Waals surface area contributed by atoms with Crippen LogP contribution >= 0.6 is 11.8 Å². The standard InChI is InChI=1S/C22H28N2O5S/c25-20(24-10-11-30-22(27)21(24)26)19-12-14-4-5-17(13-18(14)29-19)28-16-6-8-23(9-7-16)15-2-1-3-15/h4-5,12-13,15-16H,1-3,6-11H2,30H4. The molecule has 1 saturated carbocycles. The van der Waals surface area contributed by atoms with Gasteiger partial charge in [0.2, 0.25) is 5.12 Å². The highest BCUT2D eigenvalue weighted by Gasteiger charge is 2.32. The zero-order valence-corrected chi connectivity index (χ0v) is 18.4. The summed E-state index contributed by atoms with van der Waals surface area (Å²) in [5.41, 5.74) is 0.549. The van der Waals surface area contributed by atoms with E-state index < -0.39 is 23.6 Å². The van der Waals surface area contributed by atoms with Crippen LogP contribution < -0.4 is 4.74 Å². The molecule has 1 aromatic heterocycles. The molecule has 162 valence electrons. The Morgan fingerprint density at radius 1 is 1.07 bits per heavy atom. The number of ether oxygens (including phenoxy) is 1. The number of furan rings is 1. The van der Waals surface area contributed by atoms with Crippen LogP contribution in [0.2, 0.25) is 0 Å². The normalized spacial score (nSPS) is 22.1. The topological polar surface area (TPSA) is 80.1 Å². The highest BCUT2D eigenvalue weighted by molar-refractivity contribution is 8.15. The summed E-state index contributed by atoms with van der Waals surface area (Å²) in [6.45, 7) is 2.48. The van der Waals surface area contributed by atoms with E-state index in [4.69, 9.17) is 9.15 Å². The van der Waals surface area contributed by atoms with Crippen molar-refractivity contribution >= 4 is 39.7 Å². The highest BCUT2D eigenvalue weighted by atomic mass is 32.2. The molecular weight excluding hydrogens is 404 g/mol. The summed E-state index contributed by atoms with van der Waals surface area (Å²) in [5, 5.41) is 0.389. The second-order valence-corrected chi connectivity index (χ2v) is 10.4. The molecule has 5 rings (SSSR count). The predicted octanol–water partition coefficient (Wildman–Crippen LogP) is 2.00. The number of rotatable bonds is 4. The summed E-state index contributed by atoms with van der Waals surface area (Å²) in [5.74, 6) is 0.224. The van der Waals surface area contributed by atoms with Crippen LogP contribution in [0.5, 0.6) is 5.75 Å². The largest absolute Gasteiger partial charge is 0.490 e. The van der Waals surface area contributed by atoms with Crippen LogP contribution in [0.15, 0.2) is 28.7 Å². The molecule has 2 amide bonds. The number of hydrogen-bond donors (Lipinski definition) is 0. The van der Waals surface area contributed by atoms with Gasteiger partial charge in [0.15, 0.2) is 5.76 Å². The summed E-state index contributed by atoms with van der Waals surface area (Å²) in [7, 11) is 0. The molecule has 1 aromatic carbocycles. The first-order chi connectivity index (χ1) is 14.6. The van der Waals surface area contributed by atoms with Crippen molar-refractivity contribution in [3.05, 3.63) is 30.0 Å². The van der Waals surface area contributed by atoms with Crippen molar-refractivity contribution in [3.8, 4) is 5.75 Å². The third-order valence-corrected chi connectivity index (χ3v) is 8.01. The van der Waals surface area contributed by atoms with Crippen molar-refractivity contribution in [2.75, 3.05) is 25.4 Å². The Labute approximate surface area is 178 Å². The second-order valence-electron chi connectivity index (χ2n) is 8.54. The summed E-state index contributed by atoms with van der Waals surface area (Å²) in [4.78, 5) is 40.0. The Morgan fingerprint density at radius 2 is 1.87 bits per heavy atom. The van der Waals surface area contributed by atoms with Crippen LogP contribution in [-0.4, -0.2) is 64.3 Å². The smallest absolute Gasteiger partial charge is 0.304 e. The van der Waals surface area contributed by atoms with E-state index in [2.05, 4.69) is 4.90 Å². The number of benzene rings is 1. The molecule has 2 aliphatic heterocycles. The number of fused-ring (bicyclic) bond motifs is 1. The van der Waals surface area contributed by atoms with E-state index in [9.17, 15) is 14.4 Å². The van der Waals surface area contributed by atoms with Gasteiger partial charge in [-0.25, -0.2) is 11.8 Å². The number of likely N-dealkylation sites (tertiary alicyclic amines) is 1. The molecule has 0 atom stereocenters. The van der Waals surface area contributed by atoms with Crippen LogP contribution in [0.4, 0.5) is 0 Å². The summed E-state index contributed by atoms with van der Waals surface area (Å²) in [6, 6.07) is 7.98. The van der Waals surface area contributed by atoms with Crippen LogP contribution in [0.25, 0.3) is 11.0 Å². The van der Waals surface area contributed by atoms with Crippen LogP contribution in [0, 0.1) is 0 Å². The molecule has 8 heteroatoms. The Bertz CT molecular complexity index is 991. The van der Waals surface area contributed by atoms with Gasteiger partial charge in [-0.05, 0) is 49.6 Å². The minimum absolute atomic E-state index is 0.0840. The number of amides is 2. The second kappa shape index (κ2) is 8.07. The fourth-order valence-electron chi connectivity index (χ4n) is 4.58. The maximum atomic E-state index is 12.7. The zero-order valence-electron chi connectivity index (χ0n) is 17.0. The molecule has 0 bridgehead atoms. The first-order valence-corrected chi connectivity index (χ1v) is 12.6. The van der Waals surface area contributed by atoms with Crippen molar-refractivity contribution in [2.24, 2.45) is 0 Å². The quantitative estimate of drug-likeness (QED) is 0.543. The summed E-state index contributed by atoms with van der Waals surface area (Å²) >= 11 is -1.04. The molecule has 3 aliphatic rings. The van der Waals surface area contributed by atoms with Crippen LogP contribution in [0.3, 0.4) is 0 Å². The van der Waals surface area contributed by atoms with Gasteiger partial charge < -0.3 is 14.1 Å². The molecule has 3 heterocycles. The van der Waals surface area contributed by atoms with Gasteiger partial charge in [0.05, 0.1) is 0 Å². The third kappa shape index (κ3) is 3.74. The number of nitrogens with zero attached hydrogens (tertiary/aromatic N) is 2. The molecule has 2 aromatic rings. The van der Waals surface area contributed by atoms with E-state index in [1.54, 1.807) is 12.1 Å². The fourth-order valence-corrected chi connectivity index (χ4v) is 5.78. The zero-order chi connectivity index (χ0) is 20.7. The molecule has 7 nitrogen and oxygen atoms in total. The van der Waals surface area contributed by atoms with Crippen molar-refractivity contribution < 1.29 is 23.5 Å². The van der Waals surface area contributed by atoms with Gasteiger partial charge in [0, 0.05) is 37.1 Å². The molecule has 2 saturated heterocycles. The number of hydrogen-bond acceptors (Lipinski definition) is 6. The van der Waals surface area contributed by atoms with Gasteiger partial charge in [-0.1, -0.05) is 6.42 Å². The molecule has 1 aliphatic carbocycles. The SMILES string of the molecule is O=C1[SH4]CCN(C(=O)c2cc3ccc(OC4CCN(C5CCC5)CC4)cc3o2)C1=O. The molecule has 0 spiro atoms. The van der Waals surface area contributed by atoms with Crippen molar-refractivity contribution in [3.63, 3.8) is 0 Å². The lowest BCUT2D eigenvalue weighted by Gasteiger charge is -2.41. The number of carbonyl (C=O) groups is 3. The third-order valence-electron chi connectivity index (χ3n) is 6.59. The van der Waals surface area contributed by atoms with E-state index in [1.165, 1.54) is 19.3 Å². The Morgan fingerprint density at radius 3 is 2.60 bits per heavy atom. The highest BCUT2D eigenvalue weighted by Crippen LogP contribution is 2.30. The number of imide groups is 1. The lowest BCUT2D eigenvalue weighted by Crippen LogP contribution is -2.46. The predicted molar refractivity (Wildman–Crippen MR) is 118 cm³/mol. The Kier molecular flexibility index (Phi) is 5.28. The van der Waals surface area contributed by atoms with Gasteiger partial charge in [0.1, 0.15) is 17.4 Å². The molecule has 0 N–H and O–H groups in total. The van der Waals surface area contributed by atoms with E-state index >= 15 is 0 Å².